The number of esters is 1. The third-order valence-electron chi connectivity index (χ3n) is 4.58. The van der Waals surface area contributed by atoms with Gasteiger partial charge in [0, 0.05) is 0 Å². The normalized spacial score (nSPS) is 10.6. The summed E-state index contributed by atoms with van der Waals surface area (Å²) in [6, 6.07) is 22.8. The summed E-state index contributed by atoms with van der Waals surface area (Å²) >= 11 is 0. The van der Waals surface area contributed by atoms with Crippen LogP contribution in [0.2, 0.25) is 0 Å². The maximum atomic E-state index is 11.8. The summed E-state index contributed by atoms with van der Waals surface area (Å²) in [5.41, 5.74) is 7.91. The van der Waals surface area contributed by atoms with Crippen molar-refractivity contribution in [3.05, 3.63) is 83.4 Å². The van der Waals surface area contributed by atoms with Crippen molar-refractivity contribution < 1.29 is 9.53 Å². The van der Waals surface area contributed by atoms with Crippen LogP contribution >= 0.6 is 0 Å². The zero-order valence-electron chi connectivity index (χ0n) is 15.6. The summed E-state index contributed by atoms with van der Waals surface area (Å²) < 4.78 is 5.05. The lowest BCUT2D eigenvalue weighted by Gasteiger charge is -2.12. The van der Waals surface area contributed by atoms with Gasteiger partial charge in [-0.2, -0.15) is 0 Å². The monoisotopic (exact) mass is 344 g/mol. The van der Waals surface area contributed by atoms with Crippen molar-refractivity contribution in [1.82, 2.24) is 0 Å². The van der Waals surface area contributed by atoms with Crippen LogP contribution in [-0.2, 0) is 11.2 Å². The average Bonchev–Trinajstić information content (AvgIpc) is 2.68. The Morgan fingerprint density at radius 1 is 0.808 bits per heavy atom. The summed E-state index contributed by atoms with van der Waals surface area (Å²) in [6.07, 6.45) is 0.991. The van der Waals surface area contributed by atoms with Gasteiger partial charge in [-0.1, -0.05) is 61.0 Å². The molecule has 0 saturated heterocycles. The maximum absolute atomic E-state index is 11.8. The fourth-order valence-electron chi connectivity index (χ4n) is 3.08. The third kappa shape index (κ3) is 3.85. The molecule has 0 amide bonds. The number of benzene rings is 3. The van der Waals surface area contributed by atoms with E-state index in [1.165, 1.54) is 22.3 Å². The molecule has 0 aliphatic carbocycles. The Morgan fingerprint density at radius 2 is 1.42 bits per heavy atom. The van der Waals surface area contributed by atoms with E-state index < -0.39 is 0 Å². The zero-order chi connectivity index (χ0) is 18.5. The Bertz CT molecular complexity index is 890. The number of ether oxygens (including phenoxy) is 1. The molecule has 2 heteroatoms. The van der Waals surface area contributed by atoms with Crippen LogP contribution in [-0.4, -0.2) is 12.6 Å². The number of hydrogen-bond donors (Lipinski definition) is 0. The Hall–Kier alpha value is -2.87. The zero-order valence-corrected chi connectivity index (χ0v) is 15.6. The molecule has 0 fully saturated rings. The fourth-order valence-corrected chi connectivity index (χ4v) is 3.08. The number of hydrogen-bond acceptors (Lipinski definition) is 2. The van der Waals surface area contributed by atoms with Crippen LogP contribution in [0.4, 0.5) is 0 Å². The summed E-state index contributed by atoms with van der Waals surface area (Å²) in [7, 11) is 0. The Morgan fingerprint density at radius 3 is 2.04 bits per heavy atom. The minimum atomic E-state index is -0.277. The van der Waals surface area contributed by atoms with Crippen LogP contribution in [0.3, 0.4) is 0 Å². The summed E-state index contributed by atoms with van der Waals surface area (Å²) in [4.78, 5) is 11.8. The smallest absolute Gasteiger partial charge is 0.338 e. The topological polar surface area (TPSA) is 26.3 Å². The van der Waals surface area contributed by atoms with E-state index in [1.54, 1.807) is 0 Å². The van der Waals surface area contributed by atoms with E-state index in [1.807, 2.05) is 31.2 Å². The van der Waals surface area contributed by atoms with Crippen LogP contribution in [0.5, 0.6) is 0 Å². The molecule has 132 valence electrons. The predicted molar refractivity (Wildman–Crippen MR) is 107 cm³/mol. The van der Waals surface area contributed by atoms with E-state index in [2.05, 4.69) is 56.3 Å². The fraction of sp³-hybridized carbons (Fsp3) is 0.208. The molecule has 3 rings (SSSR count). The summed E-state index contributed by atoms with van der Waals surface area (Å²) in [5, 5.41) is 0. The molecule has 0 aliphatic rings. The number of rotatable bonds is 5. The molecule has 3 aromatic rings. The molecular weight excluding hydrogens is 320 g/mol. The van der Waals surface area contributed by atoms with Crippen LogP contribution in [0, 0.1) is 6.92 Å². The van der Waals surface area contributed by atoms with Gasteiger partial charge in [0.15, 0.2) is 0 Å². The van der Waals surface area contributed by atoms with Gasteiger partial charge in [0.2, 0.25) is 0 Å². The molecule has 0 spiro atoms. The lowest BCUT2D eigenvalue weighted by Crippen LogP contribution is -2.04. The first kappa shape index (κ1) is 17.9. The first-order chi connectivity index (χ1) is 12.6. The molecule has 0 saturated carbocycles. The van der Waals surface area contributed by atoms with Crippen molar-refractivity contribution in [3.63, 3.8) is 0 Å². The highest BCUT2D eigenvalue weighted by molar-refractivity contribution is 5.90. The highest BCUT2D eigenvalue weighted by atomic mass is 16.5. The SMILES string of the molecule is CCOC(=O)c1ccc(-c2ccc(CC)c(-c3ccc(C)cc3)c2)cc1. The van der Waals surface area contributed by atoms with Crippen molar-refractivity contribution in [1.29, 1.82) is 0 Å². The van der Waals surface area contributed by atoms with Gasteiger partial charge in [0.1, 0.15) is 0 Å². The lowest BCUT2D eigenvalue weighted by molar-refractivity contribution is 0.0526. The van der Waals surface area contributed by atoms with E-state index in [4.69, 9.17) is 4.74 Å². The van der Waals surface area contributed by atoms with Gasteiger partial charge in [0.05, 0.1) is 12.2 Å². The molecule has 0 N–H and O–H groups in total. The molecule has 0 aromatic heterocycles. The van der Waals surface area contributed by atoms with E-state index >= 15 is 0 Å². The second kappa shape index (κ2) is 8.01. The van der Waals surface area contributed by atoms with Crippen LogP contribution < -0.4 is 0 Å². The van der Waals surface area contributed by atoms with E-state index in [9.17, 15) is 4.79 Å². The Kier molecular flexibility index (Phi) is 5.52. The van der Waals surface area contributed by atoms with Gasteiger partial charge >= 0.3 is 5.97 Å². The molecule has 0 bridgehead atoms. The average molecular weight is 344 g/mol. The number of aryl methyl sites for hydroxylation is 2. The molecular formula is C24H24O2. The predicted octanol–water partition coefficient (Wildman–Crippen LogP) is 6.07. The largest absolute Gasteiger partial charge is 0.462 e. The quantitative estimate of drug-likeness (QED) is 0.525. The highest BCUT2D eigenvalue weighted by Crippen LogP contribution is 2.30. The molecule has 0 heterocycles. The highest BCUT2D eigenvalue weighted by Gasteiger charge is 2.09. The van der Waals surface area contributed by atoms with E-state index in [0.717, 1.165) is 17.5 Å². The van der Waals surface area contributed by atoms with Gasteiger partial charge in [0.25, 0.3) is 0 Å². The molecule has 2 nitrogen and oxygen atoms in total. The standard InChI is InChI=1S/C24H24O2/c1-4-18-10-15-22(16-23(18)20-8-6-17(3)7-9-20)19-11-13-21(14-12-19)24(25)26-5-2/h6-16H,4-5H2,1-3H3. The van der Waals surface area contributed by atoms with Gasteiger partial charge in [-0.15, -0.1) is 0 Å². The summed E-state index contributed by atoms with van der Waals surface area (Å²) in [5.74, 6) is -0.277. The van der Waals surface area contributed by atoms with Gasteiger partial charge in [-0.05, 0) is 66.3 Å². The molecule has 0 radical (unpaired) electrons. The van der Waals surface area contributed by atoms with Crippen LogP contribution in [0.1, 0.15) is 35.3 Å². The minimum Gasteiger partial charge on any atom is -0.462 e. The molecule has 0 atom stereocenters. The van der Waals surface area contributed by atoms with Crippen LogP contribution in [0.25, 0.3) is 22.3 Å². The second-order valence-electron chi connectivity index (χ2n) is 6.39. The van der Waals surface area contributed by atoms with E-state index in [-0.39, 0.29) is 5.97 Å². The molecule has 0 unspecified atom stereocenters. The molecule has 26 heavy (non-hydrogen) atoms. The van der Waals surface area contributed by atoms with Crippen molar-refractivity contribution in [2.75, 3.05) is 6.61 Å². The third-order valence-corrected chi connectivity index (χ3v) is 4.58. The van der Waals surface area contributed by atoms with Crippen molar-refractivity contribution in [2.24, 2.45) is 0 Å². The van der Waals surface area contributed by atoms with Gasteiger partial charge < -0.3 is 4.74 Å². The number of carbonyl (C=O) groups excluding carboxylic acids is 1. The first-order valence-electron chi connectivity index (χ1n) is 9.10. The molecule has 0 aliphatic heterocycles. The van der Waals surface area contributed by atoms with Crippen molar-refractivity contribution in [2.45, 2.75) is 27.2 Å². The Labute approximate surface area is 155 Å². The van der Waals surface area contributed by atoms with Crippen LogP contribution in [0.15, 0.2) is 66.7 Å². The Balaban J connectivity index is 1.97. The second-order valence-corrected chi connectivity index (χ2v) is 6.39. The van der Waals surface area contributed by atoms with E-state index in [0.29, 0.717) is 12.2 Å². The summed E-state index contributed by atoms with van der Waals surface area (Å²) in [6.45, 7) is 6.49. The minimum absolute atomic E-state index is 0.277. The molecule has 3 aromatic carbocycles. The number of carbonyl (C=O) groups is 1. The first-order valence-corrected chi connectivity index (χ1v) is 9.10. The van der Waals surface area contributed by atoms with Gasteiger partial charge in [-0.3, -0.25) is 0 Å². The maximum Gasteiger partial charge on any atom is 0.338 e. The van der Waals surface area contributed by atoms with Gasteiger partial charge in [-0.25, -0.2) is 4.79 Å². The van der Waals surface area contributed by atoms with Crippen molar-refractivity contribution in [3.8, 4) is 22.3 Å². The van der Waals surface area contributed by atoms with Crippen molar-refractivity contribution >= 4 is 5.97 Å². The lowest BCUT2D eigenvalue weighted by atomic mass is 9.93.